The van der Waals surface area contributed by atoms with Gasteiger partial charge in [-0.25, -0.2) is 0 Å². The van der Waals surface area contributed by atoms with Gasteiger partial charge in [-0.2, -0.15) is 5.01 Å². The van der Waals surface area contributed by atoms with Crippen molar-refractivity contribution < 1.29 is 4.79 Å². The maximum absolute atomic E-state index is 12.7. The lowest BCUT2D eigenvalue weighted by molar-refractivity contribution is -0.114. The molecule has 1 aromatic carbocycles. The van der Waals surface area contributed by atoms with E-state index in [-0.39, 0.29) is 5.91 Å². The quantitative estimate of drug-likeness (QED) is 0.618. The minimum Gasteiger partial charge on any atom is -0.266 e. The highest BCUT2D eigenvalue weighted by Gasteiger charge is 2.34. The van der Waals surface area contributed by atoms with Gasteiger partial charge in [-0.15, -0.1) is 0 Å². The Morgan fingerprint density at radius 2 is 1.70 bits per heavy atom. The molecule has 3 rings (SSSR count). The summed E-state index contributed by atoms with van der Waals surface area (Å²) in [6.45, 7) is 3.93. The summed E-state index contributed by atoms with van der Waals surface area (Å²) in [5, 5.41) is 1.56. The molecule has 0 N–H and O–H groups in total. The summed E-state index contributed by atoms with van der Waals surface area (Å²) in [5.74, 6) is -0.0832. The highest BCUT2D eigenvalue weighted by Crippen LogP contribution is 2.31. The zero-order valence-corrected chi connectivity index (χ0v) is 14.5. The Morgan fingerprint density at radius 3 is 2.35 bits per heavy atom. The van der Waals surface area contributed by atoms with E-state index in [1.165, 1.54) is 11.8 Å². The van der Waals surface area contributed by atoms with Gasteiger partial charge in [-0.3, -0.25) is 9.47 Å². The molecule has 0 saturated carbocycles. The Kier molecular flexibility index (Phi) is 4.50. The van der Waals surface area contributed by atoms with Gasteiger partial charge in [0.15, 0.2) is 4.32 Å². The number of carbonyl (C=O) groups is 1. The van der Waals surface area contributed by atoms with Crippen molar-refractivity contribution in [3.63, 3.8) is 0 Å². The van der Waals surface area contributed by atoms with Crippen LogP contribution in [0.5, 0.6) is 0 Å². The molecule has 3 nitrogen and oxygen atoms in total. The molecule has 0 radical (unpaired) electrons. The lowest BCUT2D eigenvalue weighted by atomic mass is 10.2. The van der Waals surface area contributed by atoms with Crippen molar-refractivity contribution in [1.29, 1.82) is 0 Å². The van der Waals surface area contributed by atoms with Crippen molar-refractivity contribution in [1.82, 2.24) is 4.68 Å². The summed E-state index contributed by atoms with van der Waals surface area (Å²) in [4.78, 5) is 13.3. The van der Waals surface area contributed by atoms with Crippen LogP contribution in [0.2, 0.25) is 0 Å². The number of allylic oxidation sites excluding steroid dienone is 2. The summed E-state index contributed by atoms with van der Waals surface area (Å²) < 4.78 is 2.41. The van der Waals surface area contributed by atoms with Crippen LogP contribution in [-0.2, 0) is 4.79 Å². The van der Waals surface area contributed by atoms with Crippen LogP contribution in [-0.4, -0.2) is 14.9 Å². The largest absolute Gasteiger partial charge is 0.285 e. The molecular weight excluding hydrogens is 324 g/mol. The molecule has 1 aromatic heterocycles. The molecule has 23 heavy (non-hydrogen) atoms. The third kappa shape index (κ3) is 3.16. The second-order valence-corrected chi connectivity index (χ2v) is 6.89. The molecular formula is C18H16N2OS2. The Hall–Kier alpha value is -2.11. The number of nitrogens with zero attached hydrogens (tertiary/aromatic N) is 2. The van der Waals surface area contributed by atoms with E-state index < -0.39 is 0 Å². The SMILES string of the molecule is Cc1ccc(C)n1N1C(=O)/C(=C/C=C/c2ccccc2)SC1=S. The number of aryl methyl sites for hydroxylation is 2. The van der Waals surface area contributed by atoms with Gasteiger partial charge in [-0.05, 0) is 49.8 Å². The number of aromatic nitrogens is 1. The first-order valence-electron chi connectivity index (χ1n) is 7.23. The molecule has 0 aliphatic carbocycles. The fraction of sp³-hybridized carbons (Fsp3) is 0.111. The molecule has 1 saturated heterocycles. The van der Waals surface area contributed by atoms with Crippen LogP contribution in [0.4, 0.5) is 0 Å². The van der Waals surface area contributed by atoms with E-state index in [1.807, 2.05) is 79.2 Å². The fourth-order valence-electron chi connectivity index (χ4n) is 2.43. The normalized spacial score (nSPS) is 17.0. The zero-order chi connectivity index (χ0) is 16.4. The molecule has 2 heterocycles. The molecule has 0 atom stereocenters. The summed E-state index contributed by atoms with van der Waals surface area (Å²) in [6, 6.07) is 13.9. The second kappa shape index (κ2) is 6.56. The maximum atomic E-state index is 12.7. The minimum absolute atomic E-state index is 0.0832. The fourth-order valence-corrected chi connectivity index (χ4v) is 3.63. The number of amides is 1. The second-order valence-electron chi connectivity index (χ2n) is 5.21. The smallest absolute Gasteiger partial charge is 0.266 e. The molecule has 5 heteroatoms. The van der Waals surface area contributed by atoms with E-state index in [1.54, 1.807) is 5.01 Å². The summed E-state index contributed by atoms with van der Waals surface area (Å²) >= 11 is 6.72. The van der Waals surface area contributed by atoms with Crippen molar-refractivity contribution in [2.24, 2.45) is 0 Å². The number of thiocarbonyl (C=S) groups is 1. The first-order valence-corrected chi connectivity index (χ1v) is 8.45. The topological polar surface area (TPSA) is 25.2 Å². The highest BCUT2D eigenvalue weighted by atomic mass is 32.2. The van der Waals surface area contributed by atoms with E-state index >= 15 is 0 Å². The van der Waals surface area contributed by atoms with Crippen LogP contribution < -0.4 is 5.01 Å². The average Bonchev–Trinajstić information content (AvgIpc) is 3.00. The van der Waals surface area contributed by atoms with E-state index in [0.29, 0.717) is 9.23 Å². The number of thioether (sulfide) groups is 1. The number of carbonyl (C=O) groups excluding carboxylic acids is 1. The van der Waals surface area contributed by atoms with Gasteiger partial charge in [0.1, 0.15) is 0 Å². The molecule has 2 aromatic rings. The molecule has 1 aliphatic rings. The molecule has 1 fully saturated rings. The zero-order valence-electron chi connectivity index (χ0n) is 12.9. The van der Waals surface area contributed by atoms with E-state index in [4.69, 9.17) is 12.2 Å². The van der Waals surface area contributed by atoms with Crippen LogP contribution in [0, 0.1) is 13.8 Å². The van der Waals surface area contributed by atoms with Gasteiger partial charge >= 0.3 is 0 Å². The first kappa shape index (κ1) is 15.8. The average molecular weight is 340 g/mol. The lowest BCUT2D eigenvalue weighted by Gasteiger charge is -2.20. The first-order chi connectivity index (χ1) is 11.1. The van der Waals surface area contributed by atoms with E-state index in [0.717, 1.165) is 17.0 Å². The van der Waals surface area contributed by atoms with Crippen LogP contribution in [0.1, 0.15) is 17.0 Å². The lowest BCUT2D eigenvalue weighted by Crippen LogP contribution is -2.39. The summed E-state index contributed by atoms with van der Waals surface area (Å²) in [7, 11) is 0. The molecule has 0 spiro atoms. The maximum Gasteiger partial charge on any atom is 0.285 e. The molecule has 0 unspecified atom stereocenters. The van der Waals surface area contributed by atoms with Gasteiger partial charge < -0.3 is 0 Å². The summed E-state index contributed by atoms with van der Waals surface area (Å²) in [5.41, 5.74) is 3.07. The van der Waals surface area contributed by atoms with Gasteiger partial charge in [0.2, 0.25) is 0 Å². The monoisotopic (exact) mass is 340 g/mol. The Labute approximate surface area is 145 Å². The van der Waals surface area contributed by atoms with Crippen molar-refractivity contribution in [3.05, 3.63) is 76.5 Å². The standard InChI is InChI=1S/C18H16N2OS2/c1-13-11-12-14(2)19(13)20-17(21)16(23-18(20)22)10-6-9-15-7-4-3-5-8-15/h3-12H,1-2H3/b9-6+,16-10-. The molecule has 0 bridgehead atoms. The highest BCUT2D eigenvalue weighted by molar-refractivity contribution is 8.27. The third-order valence-corrected chi connectivity index (χ3v) is 4.84. The van der Waals surface area contributed by atoms with Crippen LogP contribution in [0.25, 0.3) is 6.08 Å². The van der Waals surface area contributed by atoms with Crippen molar-refractivity contribution in [3.8, 4) is 0 Å². The Morgan fingerprint density at radius 1 is 1.04 bits per heavy atom. The van der Waals surface area contributed by atoms with Gasteiger partial charge in [0.05, 0.1) is 4.91 Å². The van der Waals surface area contributed by atoms with Gasteiger partial charge in [0, 0.05) is 11.4 Å². The number of benzene rings is 1. The van der Waals surface area contributed by atoms with Gasteiger partial charge in [-0.1, -0.05) is 54.2 Å². The molecule has 1 amide bonds. The predicted molar refractivity (Wildman–Crippen MR) is 101 cm³/mol. The number of hydrogen-bond acceptors (Lipinski definition) is 3. The van der Waals surface area contributed by atoms with Gasteiger partial charge in [0.25, 0.3) is 5.91 Å². The molecule has 116 valence electrons. The minimum atomic E-state index is -0.0832. The van der Waals surface area contributed by atoms with Crippen LogP contribution in [0.15, 0.2) is 59.5 Å². The Balaban J connectivity index is 1.84. The van der Waals surface area contributed by atoms with Crippen molar-refractivity contribution in [2.45, 2.75) is 13.8 Å². The third-order valence-electron chi connectivity index (χ3n) is 3.54. The summed E-state index contributed by atoms with van der Waals surface area (Å²) in [6.07, 6.45) is 5.68. The molecule has 1 aliphatic heterocycles. The number of rotatable bonds is 3. The van der Waals surface area contributed by atoms with Crippen molar-refractivity contribution >= 4 is 40.3 Å². The van der Waals surface area contributed by atoms with Crippen LogP contribution in [0.3, 0.4) is 0 Å². The predicted octanol–water partition coefficient (Wildman–Crippen LogP) is 4.20. The number of hydrogen-bond donors (Lipinski definition) is 0. The van der Waals surface area contributed by atoms with Crippen LogP contribution >= 0.6 is 24.0 Å². The van der Waals surface area contributed by atoms with Crippen molar-refractivity contribution in [2.75, 3.05) is 5.01 Å². The Bertz CT molecular complexity index is 799. The van der Waals surface area contributed by atoms with E-state index in [9.17, 15) is 4.79 Å². The van der Waals surface area contributed by atoms with E-state index in [2.05, 4.69) is 0 Å².